The first-order chi connectivity index (χ1) is 10.0. The Morgan fingerprint density at radius 2 is 1.52 bits per heavy atom. The largest absolute Gasteiger partial charge is 0.391 e. The fourth-order valence-corrected chi connectivity index (χ4v) is 3.24. The Labute approximate surface area is 130 Å². The first-order valence-corrected chi connectivity index (χ1v) is 8.55. The molecule has 0 spiro atoms. The van der Waals surface area contributed by atoms with E-state index in [1.807, 2.05) is 0 Å². The molecule has 1 aromatic rings. The maximum Gasteiger partial charge on any atom is 0.0758 e. The van der Waals surface area contributed by atoms with Crippen molar-refractivity contribution in [3.8, 4) is 0 Å². The highest BCUT2D eigenvalue weighted by Crippen LogP contribution is 2.25. The van der Waals surface area contributed by atoms with Crippen LogP contribution in [0, 0.1) is 0 Å². The third kappa shape index (κ3) is 4.31. The number of aliphatic hydroxyl groups is 1. The Balaban J connectivity index is 2.00. The van der Waals surface area contributed by atoms with E-state index in [9.17, 15) is 5.11 Å². The molecule has 0 radical (unpaired) electrons. The molecule has 0 bridgehead atoms. The van der Waals surface area contributed by atoms with Crippen molar-refractivity contribution in [2.45, 2.75) is 70.9 Å². The van der Waals surface area contributed by atoms with Gasteiger partial charge in [-0.1, -0.05) is 44.0 Å². The van der Waals surface area contributed by atoms with Crippen molar-refractivity contribution in [2.24, 2.45) is 0 Å². The van der Waals surface area contributed by atoms with Gasteiger partial charge in [0.1, 0.15) is 0 Å². The molecular weight excluding hydrogens is 258 g/mol. The van der Waals surface area contributed by atoms with Crippen LogP contribution in [0.25, 0.3) is 0 Å². The van der Waals surface area contributed by atoms with Gasteiger partial charge in [-0.05, 0) is 57.3 Å². The number of benzene rings is 1. The molecule has 21 heavy (non-hydrogen) atoms. The molecule has 1 N–H and O–H groups in total. The predicted molar refractivity (Wildman–Crippen MR) is 89.7 cm³/mol. The number of nitrogens with zero attached hydrogens (tertiary/aromatic N) is 1. The summed E-state index contributed by atoms with van der Waals surface area (Å²) in [4.78, 5) is 2.49. The quantitative estimate of drug-likeness (QED) is 0.891. The Bertz CT molecular complexity index is 416. The summed E-state index contributed by atoms with van der Waals surface area (Å²) in [6.07, 6.45) is 6.70. The van der Waals surface area contributed by atoms with Crippen molar-refractivity contribution in [2.75, 3.05) is 13.1 Å². The molecule has 2 rings (SSSR count). The summed E-state index contributed by atoms with van der Waals surface area (Å²) in [6, 6.07) is 8.70. The summed E-state index contributed by atoms with van der Waals surface area (Å²) < 4.78 is 0. The molecule has 1 heterocycles. The number of rotatable bonds is 5. The van der Waals surface area contributed by atoms with Crippen LogP contribution in [0.2, 0.25) is 0 Å². The number of aliphatic hydroxyl groups excluding tert-OH is 1. The molecule has 1 unspecified atom stereocenters. The van der Waals surface area contributed by atoms with Gasteiger partial charge in [0.05, 0.1) is 6.10 Å². The molecule has 2 nitrogen and oxygen atoms in total. The lowest BCUT2D eigenvalue weighted by molar-refractivity contribution is -0.00786. The molecule has 1 aliphatic rings. The standard InChI is InChI=1S/C19H31NO/c1-4-16-9-11-17(12-10-16)15-18(21)19(2,3)20-13-7-5-6-8-14-20/h9-12,18,21H,4-8,13-15H2,1-3H3. The van der Waals surface area contributed by atoms with E-state index in [0.29, 0.717) is 0 Å². The van der Waals surface area contributed by atoms with Crippen LogP contribution in [0.5, 0.6) is 0 Å². The first kappa shape index (κ1) is 16.5. The Hall–Kier alpha value is -0.860. The van der Waals surface area contributed by atoms with Gasteiger partial charge in [0.15, 0.2) is 0 Å². The first-order valence-electron chi connectivity index (χ1n) is 8.55. The lowest BCUT2D eigenvalue weighted by atomic mass is 9.89. The van der Waals surface area contributed by atoms with Crippen LogP contribution in [0.15, 0.2) is 24.3 Å². The van der Waals surface area contributed by atoms with E-state index < -0.39 is 0 Å². The Morgan fingerprint density at radius 1 is 1.00 bits per heavy atom. The summed E-state index contributed by atoms with van der Waals surface area (Å²) >= 11 is 0. The van der Waals surface area contributed by atoms with Gasteiger partial charge in [-0.25, -0.2) is 0 Å². The minimum Gasteiger partial charge on any atom is -0.391 e. The molecular formula is C19H31NO. The lowest BCUT2D eigenvalue weighted by Crippen LogP contribution is -2.53. The highest BCUT2D eigenvalue weighted by atomic mass is 16.3. The van der Waals surface area contributed by atoms with Crippen LogP contribution >= 0.6 is 0 Å². The molecule has 0 amide bonds. The second-order valence-corrected chi connectivity index (χ2v) is 6.94. The molecule has 1 aliphatic heterocycles. The smallest absolute Gasteiger partial charge is 0.0758 e. The zero-order chi connectivity index (χ0) is 15.3. The summed E-state index contributed by atoms with van der Waals surface area (Å²) in [7, 11) is 0. The summed E-state index contributed by atoms with van der Waals surface area (Å²) in [5.74, 6) is 0. The van der Waals surface area contributed by atoms with Crippen molar-refractivity contribution >= 4 is 0 Å². The minimum absolute atomic E-state index is 0.145. The van der Waals surface area contributed by atoms with Gasteiger partial charge < -0.3 is 5.11 Å². The number of hydrogen-bond acceptors (Lipinski definition) is 2. The van der Waals surface area contributed by atoms with Gasteiger partial charge in [-0.15, -0.1) is 0 Å². The zero-order valence-corrected chi connectivity index (χ0v) is 13.9. The second-order valence-electron chi connectivity index (χ2n) is 6.94. The fourth-order valence-electron chi connectivity index (χ4n) is 3.24. The summed E-state index contributed by atoms with van der Waals surface area (Å²) in [5, 5.41) is 10.8. The van der Waals surface area contributed by atoms with E-state index in [1.165, 1.54) is 36.8 Å². The normalized spacial score (nSPS) is 19.2. The van der Waals surface area contributed by atoms with E-state index in [-0.39, 0.29) is 11.6 Å². The third-order valence-electron chi connectivity index (χ3n) is 5.10. The number of aryl methyl sites for hydroxylation is 1. The average Bonchev–Trinajstić information content (AvgIpc) is 2.77. The van der Waals surface area contributed by atoms with Gasteiger partial charge in [-0.2, -0.15) is 0 Å². The SMILES string of the molecule is CCc1ccc(CC(O)C(C)(C)N2CCCCCC2)cc1. The fraction of sp³-hybridized carbons (Fsp3) is 0.684. The molecule has 0 saturated carbocycles. The minimum atomic E-state index is -0.317. The van der Waals surface area contributed by atoms with E-state index >= 15 is 0 Å². The topological polar surface area (TPSA) is 23.5 Å². The van der Waals surface area contributed by atoms with Crippen molar-refractivity contribution in [1.29, 1.82) is 0 Å². The second kappa shape index (κ2) is 7.42. The van der Waals surface area contributed by atoms with Crippen LogP contribution in [-0.2, 0) is 12.8 Å². The van der Waals surface area contributed by atoms with E-state index in [2.05, 4.69) is 49.9 Å². The van der Waals surface area contributed by atoms with Gasteiger partial charge in [0.25, 0.3) is 0 Å². The number of likely N-dealkylation sites (tertiary alicyclic amines) is 1. The zero-order valence-electron chi connectivity index (χ0n) is 13.9. The van der Waals surface area contributed by atoms with E-state index in [0.717, 1.165) is 25.9 Å². The maximum absolute atomic E-state index is 10.8. The monoisotopic (exact) mass is 289 g/mol. The Morgan fingerprint density at radius 3 is 2.05 bits per heavy atom. The third-order valence-corrected chi connectivity index (χ3v) is 5.10. The van der Waals surface area contributed by atoms with Crippen LogP contribution in [-0.4, -0.2) is 34.7 Å². The van der Waals surface area contributed by atoms with Crippen molar-refractivity contribution in [1.82, 2.24) is 4.90 Å². The Kier molecular flexibility index (Phi) is 5.83. The molecule has 1 aromatic carbocycles. The van der Waals surface area contributed by atoms with Crippen LogP contribution in [0.3, 0.4) is 0 Å². The van der Waals surface area contributed by atoms with Gasteiger partial charge >= 0.3 is 0 Å². The predicted octanol–water partition coefficient (Wildman–Crippen LogP) is 3.81. The lowest BCUT2D eigenvalue weighted by Gasteiger charge is -2.41. The van der Waals surface area contributed by atoms with E-state index in [1.54, 1.807) is 0 Å². The highest BCUT2D eigenvalue weighted by Gasteiger charge is 2.34. The summed E-state index contributed by atoms with van der Waals surface area (Å²) in [6.45, 7) is 8.82. The average molecular weight is 289 g/mol. The van der Waals surface area contributed by atoms with Crippen molar-refractivity contribution < 1.29 is 5.11 Å². The van der Waals surface area contributed by atoms with Crippen molar-refractivity contribution in [3.05, 3.63) is 35.4 Å². The molecule has 0 aliphatic carbocycles. The highest BCUT2D eigenvalue weighted by molar-refractivity contribution is 5.23. The molecule has 0 aromatic heterocycles. The van der Waals surface area contributed by atoms with Gasteiger partial charge in [0.2, 0.25) is 0 Å². The van der Waals surface area contributed by atoms with Crippen molar-refractivity contribution in [3.63, 3.8) is 0 Å². The molecule has 1 saturated heterocycles. The molecule has 1 atom stereocenters. The van der Waals surface area contributed by atoms with Crippen LogP contribution in [0.1, 0.15) is 57.6 Å². The van der Waals surface area contributed by atoms with Crippen LogP contribution < -0.4 is 0 Å². The number of hydrogen-bond donors (Lipinski definition) is 1. The van der Waals surface area contributed by atoms with Gasteiger partial charge in [-0.3, -0.25) is 4.90 Å². The molecule has 2 heteroatoms. The molecule has 1 fully saturated rings. The summed E-state index contributed by atoms with van der Waals surface area (Å²) in [5.41, 5.74) is 2.45. The molecule has 118 valence electrons. The van der Waals surface area contributed by atoms with E-state index in [4.69, 9.17) is 0 Å². The van der Waals surface area contributed by atoms with Crippen LogP contribution in [0.4, 0.5) is 0 Å². The van der Waals surface area contributed by atoms with Gasteiger partial charge in [0, 0.05) is 12.0 Å². The maximum atomic E-state index is 10.8.